The Kier molecular flexibility index (Phi) is 4.14. The summed E-state index contributed by atoms with van der Waals surface area (Å²) in [6.07, 6.45) is 3.37. The molecule has 1 N–H and O–H groups in total. The van der Waals surface area contributed by atoms with E-state index in [4.69, 9.17) is 11.6 Å². The summed E-state index contributed by atoms with van der Waals surface area (Å²) in [5.41, 5.74) is -0.438. The van der Waals surface area contributed by atoms with Crippen molar-refractivity contribution >= 4 is 17.6 Å². The Labute approximate surface area is 117 Å². The molecule has 0 aromatic heterocycles. The lowest BCUT2D eigenvalue weighted by atomic mass is 9.67. The number of hydrogen-bond acceptors (Lipinski definition) is 1. The monoisotopic (exact) mass is 284 g/mol. The third-order valence-corrected chi connectivity index (χ3v) is 4.40. The van der Waals surface area contributed by atoms with E-state index in [1.54, 1.807) is 12.1 Å². The topological polar surface area (TPSA) is 37.3 Å². The molecule has 0 spiro atoms. The van der Waals surface area contributed by atoms with E-state index in [-0.39, 0.29) is 11.4 Å². The molecule has 0 heterocycles. The normalized spacial score (nSPS) is 27.2. The zero-order valence-corrected chi connectivity index (χ0v) is 11.7. The van der Waals surface area contributed by atoms with Crippen LogP contribution in [0.1, 0.15) is 38.2 Å². The predicted octanol–water partition coefficient (Wildman–Crippen LogP) is 4.30. The molecule has 2 unspecified atom stereocenters. The molecular weight excluding hydrogens is 267 g/mol. The third kappa shape index (κ3) is 2.92. The van der Waals surface area contributed by atoms with Gasteiger partial charge < -0.3 is 5.11 Å². The van der Waals surface area contributed by atoms with Gasteiger partial charge in [0.05, 0.1) is 10.4 Å². The second-order valence-corrected chi connectivity index (χ2v) is 6.08. The molecule has 1 aliphatic rings. The zero-order chi connectivity index (χ0) is 14.0. The molecule has 1 fully saturated rings. The molecule has 4 heteroatoms. The summed E-state index contributed by atoms with van der Waals surface area (Å²) >= 11 is 5.76. The van der Waals surface area contributed by atoms with Gasteiger partial charge in [0, 0.05) is 0 Å². The lowest BCUT2D eigenvalue weighted by Crippen LogP contribution is -2.38. The van der Waals surface area contributed by atoms with Gasteiger partial charge in [-0.2, -0.15) is 0 Å². The van der Waals surface area contributed by atoms with Gasteiger partial charge in [-0.25, -0.2) is 4.39 Å². The Balaban J connectivity index is 2.31. The van der Waals surface area contributed by atoms with Crippen LogP contribution in [0, 0.1) is 17.2 Å². The van der Waals surface area contributed by atoms with Crippen molar-refractivity contribution in [3.8, 4) is 0 Å². The highest BCUT2D eigenvalue weighted by Gasteiger charge is 2.42. The van der Waals surface area contributed by atoms with E-state index in [9.17, 15) is 14.3 Å². The first kappa shape index (κ1) is 14.3. The number of benzene rings is 1. The molecule has 1 aromatic carbocycles. The van der Waals surface area contributed by atoms with Gasteiger partial charge in [0.1, 0.15) is 5.82 Å². The molecule has 1 aromatic rings. The number of aliphatic carboxylic acids is 1. The average Bonchev–Trinajstić information content (AvgIpc) is 2.35. The van der Waals surface area contributed by atoms with Crippen LogP contribution in [0.4, 0.5) is 4.39 Å². The van der Waals surface area contributed by atoms with Crippen LogP contribution in [-0.2, 0) is 11.2 Å². The van der Waals surface area contributed by atoms with E-state index in [2.05, 4.69) is 6.92 Å². The van der Waals surface area contributed by atoms with Crippen molar-refractivity contribution < 1.29 is 14.3 Å². The fourth-order valence-corrected chi connectivity index (χ4v) is 3.33. The van der Waals surface area contributed by atoms with Crippen molar-refractivity contribution in [2.75, 3.05) is 0 Å². The maximum absolute atomic E-state index is 14.0. The molecular formula is C15H18ClFO2. The van der Waals surface area contributed by atoms with Crippen LogP contribution in [0.5, 0.6) is 0 Å². The minimum Gasteiger partial charge on any atom is -0.481 e. The highest BCUT2D eigenvalue weighted by atomic mass is 35.5. The summed E-state index contributed by atoms with van der Waals surface area (Å²) in [5.74, 6) is -0.937. The van der Waals surface area contributed by atoms with Crippen molar-refractivity contribution in [3.63, 3.8) is 0 Å². The summed E-state index contributed by atoms with van der Waals surface area (Å²) in [4.78, 5) is 11.7. The van der Waals surface area contributed by atoms with Crippen molar-refractivity contribution in [2.24, 2.45) is 11.3 Å². The van der Waals surface area contributed by atoms with Crippen molar-refractivity contribution in [3.05, 3.63) is 34.6 Å². The lowest BCUT2D eigenvalue weighted by Gasteiger charge is -2.36. The SMILES string of the molecule is CC1CCCC(Cc2cccc(Cl)c2F)(C(=O)O)C1. The van der Waals surface area contributed by atoms with Crippen LogP contribution in [0.3, 0.4) is 0 Å². The van der Waals surface area contributed by atoms with E-state index in [1.165, 1.54) is 6.07 Å². The smallest absolute Gasteiger partial charge is 0.309 e. The van der Waals surface area contributed by atoms with Crippen LogP contribution >= 0.6 is 11.6 Å². The molecule has 2 atom stereocenters. The van der Waals surface area contributed by atoms with Gasteiger partial charge in [-0.15, -0.1) is 0 Å². The van der Waals surface area contributed by atoms with Crippen LogP contribution < -0.4 is 0 Å². The van der Waals surface area contributed by atoms with Crippen LogP contribution in [0.25, 0.3) is 0 Å². The molecule has 2 nitrogen and oxygen atoms in total. The van der Waals surface area contributed by atoms with Gasteiger partial charge in [0.25, 0.3) is 0 Å². The Morgan fingerprint density at radius 3 is 2.95 bits per heavy atom. The van der Waals surface area contributed by atoms with Gasteiger partial charge >= 0.3 is 5.97 Å². The zero-order valence-electron chi connectivity index (χ0n) is 11.0. The van der Waals surface area contributed by atoms with Crippen LogP contribution in [0.2, 0.25) is 5.02 Å². The average molecular weight is 285 g/mol. The third-order valence-electron chi connectivity index (χ3n) is 4.11. The number of hydrogen-bond donors (Lipinski definition) is 1. The molecule has 0 radical (unpaired) electrons. The fourth-order valence-electron chi connectivity index (χ4n) is 3.14. The molecule has 19 heavy (non-hydrogen) atoms. The largest absolute Gasteiger partial charge is 0.481 e. The fraction of sp³-hybridized carbons (Fsp3) is 0.533. The minimum absolute atomic E-state index is 0.0573. The lowest BCUT2D eigenvalue weighted by molar-refractivity contribution is -0.152. The Morgan fingerprint density at radius 2 is 2.32 bits per heavy atom. The summed E-state index contributed by atoms with van der Waals surface area (Å²) in [6, 6.07) is 4.78. The molecule has 104 valence electrons. The summed E-state index contributed by atoms with van der Waals surface area (Å²) in [7, 11) is 0. The predicted molar refractivity (Wildman–Crippen MR) is 72.8 cm³/mol. The molecule has 2 rings (SSSR count). The van der Waals surface area contributed by atoms with Gasteiger partial charge in [0.2, 0.25) is 0 Å². The second kappa shape index (κ2) is 5.49. The minimum atomic E-state index is -0.844. The van der Waals surface area contributed by atoms with E-state index >= 15 is 0 Å². The number of rotatable bonds is 3. The Hall–Kier alpha value is -1.09. The summed E-state index contributed by atoms with van der Waals surface area (Å²) < 4.78 is 14.0. The molecule has 0 aliphatic heterocycles. The van der Waals surface area contributed by atoms with Crippen molar-refractivity contribution in [2.45, 2.75) is 39.0 Å². The van der Waals surface area contributed by atoms with Crippen LogP contribution in [-0.4, -0.2) is 11.1 Å². The first-order valence-electron chi connectivity index (χ1n) is 6.61. The quantitative estimate of drug-likeness (QED) is 0.898. The number of carboxylic acid groups (broad SMARTS) is 1. The summed E-state index contributed by atoms with van der Waals surface area (Å²) in [5, 5.41) is 9.63. The van der Waals surface area contributed by atoms with Crippen LogP contribution in [0.15, 0.2) is 18.2 Å². The maximum Gasteiger partial charge on any atom is 0.309 e. The van der Waals surface area contributed by atoms with Crippen molar-refractivity contribution in [1.82, 2.24) is 0 Å². The van der Waals surface area contributed by atoms with Gasteiger partial charge in [-0.05, 0) is 36.8 Å². The molecule has 0 saturated heterocycles. The molecule has 1 saturated carbocycles. The van der Waals surface area contributed by atoms with E-state index < -0.39 is 17.2 Å². The Morgan fingerprint density at radius 1 is 1.58 bits per heavy atom. The summed E-state index contributed by atoms with van der Waals surface area (Å²) in [6.45, 7) is 2.06. The van der Waals surface area contributed by atoms with E-state index in [0.717, 1.165) is 12.8 Å². The number of halogens is 2. The van der Waals surface area contributed by atoms with Gasteiger partial charge in [-0.3, -0.25) is 4.79 Å². The van der Waals surface area contributed by atoms with Gasteiger partial charge in [-0.1, -0.05) is 43.5 Å². The second-order valence-electron chi connectivity index (χ2n) is 5.68. The molecule has 0 bridgehead atoms. The molecule has 0 amide bonds. The van der Waals surface area contributed by atoms with Gasteiger partial charge in [0.15, 0.2) is 0 Å². The standard InChI is InChI=1S/C15H18ClFO2/c1-10-4-3-7-15(8-10,14(18)19)9-11-5-2-6-12(16)13(11)17/h2,5-6,10H,3-4,7-9H2,1H3,(H,18,19). The highest BCUT2D eigenvalue weighted by Crippen LogP contribution is 2.42. The maximum atomic E-state index is 14.0. The first-order chi connectivity index (χ1) is 8.94. The first-order valence-corrected chi connectivity index (χ1v) is 6.99. The number of carboxylic acids is 1. The van der Waals surface area contributed by atoms with Crippen molar-refractivity contribution in [1.29, 1.82) is 0 Å². The number of carbonyl (C=O) groups is 1. The Bertz CT molecular complexity index is 489. The highest BCUT2D eigenvalue weighted by molar-refractivity contribution is 6.30. The van der Waals surface area contributed by atoms with E-state index in [1.807, 2.05) is 0 Å². The molecule has 1 aliphatic carbocycles. The van der Waals surface area contributed by atoms with E-state index in [0.29, 0.717) is 24.3 Å².